The standard InChI is InChI=1S/C27H21FN2O4S/c1-14-4-10-19-21(12-14)35-27(29-19)30-23(16-5-8-18(28)9-6-16)22(25(32)26(30)33)24(31)17-7-11-20(34-3)15(2)13-17/h4-13,23,31H,1-3H3/b24-22+. The average Bonchev–Trinajstić information content (AvgIpc) is 3.37. The Morgan fingerprint density at radius 3 is 2.49 bits per heavy atom. The summed E-state index contributed by atoms with van der Waals surface area (Å²) >= 11 is 1.28. The first-order chi connectivity index (χ1) is 16.8. The number of fused-ring (bicyclic) bond motifs is 1. The number of ether oxygens (including phenoxy) is 1. The lowest BCUT2D eigenvalue weighted by Gasteiger charge is -2.23. The van der Waals surface area contributed by atoms with Crippen LogP contribution in [0.5, 0.6) is 5.75 Å². The Morgan fingerprint density at radius 1 is 1.06 bits per heavy atom. The van der Waals surface area contributed by atoms with Gasteiger partial charge in [0, 0.05) is 5.56 Å². The van der Waals surface area contributed by atoms with E-state index in [1.165, 1.54) is 40.5 Å². The van der Waals surface area contributed by atoms with Gasteiger partial charge in [-0.1, -0.05) is 29.5 Å². The van der Waals surface area contributed by atoms with E-state index in [-0.39, 0.29) is 11.3 Å². The van der Waals surface area contributed by atoms with Crippen LogP contribution in [0.1, 0.15) is 28.3 Å². The highest BCUT2D eigenvalue weighted by molar-refractivity contribution is 7.22. The summed E-state index contributed by atoms with van der Waals surface area (Å²) in [4.78, 5) is 32.5. The second-order valence-electron chi connectivity index (χ2n) is 8.37. The summed E-state index contributed by atoms with van der Waals surface area (Å²) in [5, 5.41) is 11.6. The van der Waals surface area contributed by atoms with Crippen molar-refractivity contribution in [3.05, 3.63) is 94.3 Å². The van der Waals surface area contributed by atoms with E-state index in [1.807, 2.05) is 32.0 Å². The predicted molar refractivity (Wildman–Crippen MR) is 133 cm³/mol. The zero-order valence-corrected chi connectivity index (χ0v) is 20.0. The summed E-state index contributed by atoms with van der Waals surface area (Å²) in [6, 6.07) is 15.3. The summed E-state index contributed by atoms with van der Waals surface area (Å²) in [6.45, 7) is 3.77. The summed E-state index contributed by atoms with van der Waals surface area (Å²) < 4.78 is 19.9. The number of aliphatic hydroxyl groups excluding tert-OH is 1. The number of carbonyl (C=O) groups is 2. The predicted octanol–water partition coefficient (Wildman–Crippen LogP) is 5.69. The summed E-state index contributed by atoms with van der Waals surface area (Å²) in [5.41, 5.74) is 3.26. The van der Waals surface area contributed by atoms with E-state index >= 15 is 0 Å². The van der Waals surface area contributed by atoms with Crippen molar-refractivity contribution in [3.63, 3.8) is 0 Å². The summed E-state index contributed by atoms with van der Waals surface area (Å²) in [6.07, 6.45) is 0. The molecule has 1 saturated heterocycles. The molecule has 35 heavy (non-hydrogen) atoms. The van der Waals surface area contributed by atoms with Gasteiger partial charge in [-0.3, -0.25) is 14.5 Å². The summed E-state index contributed by atoms with van der Waals surface area (Å²) in [7, 11) is 1.54. The molecule has 0 saturated carbocycles. The van der Waals surface area contributed by atoms with Gasteiger partial charge in [-0.2, -0.15) is 0 Å². The van der Waals surface area contributed by atoms with Gasteiger partial charge in [0.1, 0.15) is 17.3 Å². The van der Waals surface area contributed by atoms with E-state index in [4.69, 9.17) is 4.74 Å². The second-order valence-corrected chi connectivity index (χ2v) is 9.38. The lowest BCUT2D eigenvalue weighted by molar-refractivity contribution is -0.132. The number of anilines is 1. The van der Waals surface area contributed by atoms with Crippen molar-refractivity contribution in [1.29, 1.82) is 0 Å². The van der Waals surface area contributed by atoms with E-state index in [0.29, 0.717) is 27.5 Å². The molecule has 0 aliphatic carbocycles. The highest BCUT2D eigenvalue weighted by atomic mass is 32.1. The Balaban J connectivity index is 1.72. The molecule has 0 bridgehead atoms. The molecule has 8 heteroatoms. The fourth-order valence-electron chi connectivity index (χ4n) is 4.29. The van der Waals surface area contributed by atoms with Crippen LogP contribution in [0.2, 0.25) is 0 Å². The van der Waals surface area contributed by atoms with E-state index in [2.05, 4.69) is 4.98 Å². The number of ketones is 1. The quantitative estimate of drug-likeness (QED) is 0.227. The molecule has 0 radical (unpaired) electrons. The molecule has 0 spiro atoms. The van der Waals surface area contributed by atoms with Crippen molar-refractivity contribution < 1.29 is 23.8 Å². The number of benzene rings is 3. The lowest BCUT2D eigenvalue weighted by Crippen LogP contribution is -2.29. The van der Waals surface area contributed by atoms with E-state index < -0.39 is 23.5 Å². The second kappa shape index (κ2) is 8.63. The number of aryl methyl sites for hydroxylation is 2. The van der Waals surface area contributed by atoms with Gasteiger partial charge < -0.3 is 9.84 Å². The Hall–Kier alpha value is -4.04. The van der Waals surface area contributed by atoms with Crippen LogP contribution >= 0.6 is 11.3 Å². The Kier molecular flexibility index (Phi) is 5.61. The number of aromatic nitrogens is 1. The molecule has 4 aromatic rings. The minimum absolute atomic E-state index is 0.0818. The van der Waals surface area contributed by atoms with Gasteiger partial charge in [0.25, 0.3) is 5.78 Å². The molecule has 5 rings (SSSR count). The van der Waals surface area contributed by atoms with Gasteiger partial charge in [0.2, 0.25) is 0 Å². The molecule has 1 atom stereocenters. The number of hydrogen-bond donors (Lipinski definition) is 1. The third-order valence-electron chi connectivity index (χ3n) is 6.04. The molecule has 1 unspecified atom stereocenters. The molecular formula is C27H21FN2O4S. The van der Waals surface area contributed by atoms with Crippen LogP contribution in [0, 0.1) is 19.7 Å². The third-order valence-corrected chi connectivity index (χ3v) is 7.05. The Bertz CT molecular complexity index is 1520. The van der Waals surface area contributed by atoms with Crippen molar-refractivity contribution in [2.45, 2.75) is 19.9 Å². The number of rotatable bonds is 4. The largest absolute Gasteiger partial charge is 0.507 e. The third kappa shape index (κ3) is 3.85. The van der Waals surface area contributed by atoms with Crippen LogP contribution in [0.4, 0.5) is 9.52 Å². The van der Waals surface area contributed by atoms with Gasteiger partial charge in [0.15, 0.2) is 5.13 Å². The van der Waals surface area contributed by atoms with Crippen molar-refractivity contribution in [2.24, 2.45) is 0 Å². The van der Waals surface area contributed by atoms with Crippen LogP contribution < -0.4 is 9.64 Å². The fourth-order valence-corrected chi connectivity index (χ4v) is 5.38. The minimum Gasteiger partial charge on any atom is -0.507 e. The molecule has 1 N–H and O–H groups in total. The van der Waals surface area contributed by atoms with Crippen LogP contribution in [-0.2, 0) is 9.59 Å². The molecule has 2 heterocycles. The topological polar surface area (TPSA) is 79.7 Å². The normalized spacial score (nSPS) is 17.4. The molecule has 1 aromatic heterocycles. The number of aliphatic hydroxyl groups is 1. The van der Waals surface area contributed by atoms with Crippen molar-refractivity contribution >= 4 is 44.1 Å². The SMILES string of the molecule is COc1ccc(/C(O)=C2\C(=O)C(=O)N(c3nc4ccc(C)cc4s3)C2c2ccc(F)cc2)cc1C. The number of hydrogen-bond acceptors (Lipinski definition) is 6. The number of methoxy groups -OCH3 is 1. The molecule has 1 fully saturated rings. The van der Waals surface area contributed by atoms with Crippen molar-refractivity contribution in [2.75, 3.05) is 12.0 Å². The summed E-state index contributed by atoms with van der Waals surface area (Å²) in [5.74, 6) is -1.78. The minimum atomic E-state index is -0.973. The lowest BCUT2D eigenvalue weighted by atomic mass is 9.95. The highest BCUT2D eigenvalue weighted by Gasteiger charge is 2.48. The van der Waals surface area contributed by atoms with Gasteiger partial charge in [0.05, 0.1) is 28.9 Å². The van der Waals surface area contributed by atoms with E-state index in [9.17, 15) is 19.1 Å². The fraction of sp³-hybridized carbons (Fsp3) is 0.148. The van der Waals surface area contributed by atoms with Gasteiger partial charge in [-0.25, -0.2) is 9.37 Å². The monoisotopic (exact) mass is 488 g/mol. The van der Waals surface area contributed by atoms with Gasteiger partial charge in [-0.05, 0) is 73.0 Å². The number of Topliss-reactive ketones (excluding diaryl/α,β-unsaturated/α-hetero) is 1. The smallest absolute Gasteiger partial charge is 0.301 e. The first-order valence-corrected chi connectivity index (χ1v) is 11.7. The molecule has 6 nitrogen and oxygen atoms in total. The molecular weight excluding hydrogens is 467 g/mol. The number of thiazole rings is 1. The Labute approximate surface area is 204 Å². The maximum Gasteiger partial charge on any atom is 0.301 e. The highest BCUT2D eigenvalue weighted by Crippen LogP contribution is 2.44. The van der Waals surface area contributed by atoms with Crippen LogP contribution in [0.25, 0.3) is 16.0 Å². The maximum absolute atomic E-state index is 13.7. The van der Waals surface area contributed by atoms with Crippen LogP contribution in [0.3, 0.4) is 0 Å². The first kappa shape index (κ1) is 22.7. The van der Waals surface area contributed by atoms with E-state index in [0.717, 1.165) is 15.8 Å². The molecule has 176 valence electrons. The van der Waals surface area contributed by atoms with Crippen molar-refractivity contribution in [1.82, 2.24) is 4.98 Å². The number of amides is 1. The zero-order valence-electron chi connectivity index (χ0n) is 19.2. The zero-order chi connectivity index (χ0) is 24.9. The van der Waals surface area contributed by atoms with Gasteiger partial charge >= 0.3 is 5.91 Å². The average molecular weight is 489 g/mol. The van der Waals surface area contributed by atoms with Crippen LogP contribution in [-0.4, -0.2) is 28.9 Å². The van der Waals surface area contributed by atoms with Crippen LogP contribution in [0.15, 0.2) is 66.2 Å². The number of carbonyl (C=O) groups excluding carboxylic acids is 2. The molecule has 1 amide bonds. The first-order valence-electron chi connectivity index (χ1n) is 10.9. The molecule has 1 aliphatic heterocycles. The number of halogens is 1. The molecule has 3 aromatic carbocycles. The molecule has 1 aliphatic rings. The number of nitrogens with zero attached hydrogens (tertiary/aromatic N) is 2. The van der Waals surface area contributed by atoms with Gasteiger partial charge in [-0.15, -0.1) is 0 Å². The Morgan fingerprint density at radius 2 is 1.80 bits per heavy atom. The van der Waals surface area contributed by atoms with E-state index in [1.54, 1.807) is 25.3 Å². The van der Waals surface area contributed by atoms with Crippen molar-refractivity contribution in [3.8, 4) is 5.75 Å². The maximum atomic E-state index is 13.7.